The van der Waals surface area contributed by atoms with Crippen molar-refractivity contribution >= 4 is 22.6 Å². The van der Waals surface area contributed by atoms with E-state index in [0.717, 1.165) is 36.7 Å². The zero-order valence-electron chi connectivity index (χ0n) is 11.8. The molecule has 1 aromatic heterocycles. The topological polar surface area (TPSA) is 79.2 Å². The second-order valence-corrected chi connectivity index (χ2v) is 5.56. The lowest BCUT2D eigenvalue weighted by atomic mass is 10.0. The van der Waals surface area contributed by atoms with Crippen molar-refractivity contribution in [1.82, 2.24) is 9.88 Å². The Labute approximate surface area is 123 Å². The summed E-state index contributed by atoms with van der Waals surface area (Å²) in [5, 5.41) is 0.926. The number of para-hydroxylation sites is 1. The van der Waals surface area contributed by atoms with Crippen molar-refractivity contribution < 1.29 is 9.59 Å². The fraction of sp³-hybridized carbons (Fsp3) is 0.375. The third-order valence-electron chi connectivity index (χ3n) is 4.18. The minimum absolute atomic E-state index is 0.0283. The first-order valence-corrected chi connectivity index (χ1v) is 7.29. The first-order chi connectivity index (χ1) is 10.2. The summed E-state index contributed by atoms with van der Waals surface area (Å²) in [4.78, 5) is 29.1. The van der Waals surface area contributed by atoms with E-state index in [9.17, 15) is 9.59 Å². The number of likely N-dealkylation sites (tertiary alicyclic amines) is 1. The van der Waals surface area contributed by atoms with Crippen molar-refractivity contribution in [3.63, 3.8) is 0 Å². The van der Waals surface area contributed by atoms with Crippen LogP contribution >= 0.6 is 0 Å². The Morgan fingerprint density at radius 1 is 1.29 bits per heavy atom. The summed E-state index contributed by atoms with van der Waals surface area (Å²) in [6.07, 6.45) is 4.49. The first-order valence-electron chi connectivity index (χ1n) is 7.29. The van der Waals surface area contributed by atoms with Crippen molar-refractivity contribution in [3.8, 4) is 0 Å². The molecule has 1 aliphatic heterocycles. The lowest BCUT2D eigenvalue weighted by molar-refractivity contribution is -0.124. The first kappa shape index (κ1) is 13.8. The molecule has 5 heteroatoms. The molecule has 1 aliphatic rings. The van der Waals surface area contributed by atoms with Gasteiger partial charge in [0.05, 0.1) is 12.6 Å². The van der Waals surface area contributed by atoms with E-state index >= 15 is 0 Å². The molecule has 5 nitrogen and oxygen atoms in total. The van der Waals surface area contributed by atoms with Gasteiger partial charge < -0.3 is 10.7 Å². The van der Waals surface area contributed by atoms with Crippen LogP contribution in [0.25, 0.3) is 10.9 Å². The largest absolute Gasteiger partial charge is 0.368 e. The average molecular weight is 285 g/mol. The van der Waals surface area contributed by atoms with Gasteiger partial charge in [-0.3, -0.25) is 14.5 Å². The molecule has 1 amide bonds. The van der Waals surface area contributed by atoms with Crippen LogP contribution in [0.4, 0.5) is 0 Å². The minimum atomic E-state index is -0.332. The highest BCUT2D eigenvalue weighted by molar-refractivity contribution is 6.08. The summed E-state index contributed by atoms with van der Waals surface area (Å²) in [5.74, 6) is -0.304. The maximum Gasteiger partial charge on any atom is 0.234 e. The molecule has 1 aromatic carbocycles. The molecule has 0 aliphatic carbocycles. The number of ketones is 1. The number of aromatic amines is 1. The molecular weight excluding hydrogens is 266 g/mol. The van der Waals surface area contributed by atoms with Crippen molar-refractivity contribution in [2.75, 3.05) is 13.1 Å². The highest BCUT2D eigenvalue weighted by atomic mass is 16.1. The van der Waals surface area contributed by atoms with Crippen LogP contribution < -0.4 is 5.73 Å². The fourth-order valence-electron chi connectivity index (χ4n) is 3.07. The van der Waals surface area contributed by atoms with Gasteiger partial charge in [0, 0.05) is 22.7 Å². The number of H-pyrrole nitrogens is 1. The molecule has 2 aromatic rings. The number of hydrogen-bond acceptors (Lipinski definition) is 3. The highest BCUT2D eigenvalue weighted by Gasteiger charge is 2.28. The smallest absolute Gasteiger partial charge is 0.234 e. The number of fused-ring (bicyclic) bond motifs is 1. The maximum absolute atomic E-state index is 12.5. The van der Waals surface area contributed by atoms with Crippen molar-refractivity contribution in [1.29, 1.82) is 0 Å². The highest BCUT2D eigenvalue weighted by Crippen LogP contribution is 2.21. The quantitative estimate of drug-likeness (QED) is 0.839. The molecular formula is C16H19N3O2. The lowest BCUT2D eigenvalue weighted by Gasteiger charge is -2.32. The summed E-state index contributed by atoms with van der Waals surface area (Å²) in [6, 6.07) is 7.41. The SMILES string of the molecule is NC(=O)C1CCCCN1CC(=O)c1c[nH]c2ccccc12. The molecule has 2 heterocycles. The molecule has 0 spiro atoms. The van der Waals surface area contributed by atoms with Gasteiger partial charge in [-0.2, -0.15) is 0 Å². The normalized spacial score (nSPS) is 19.7. The Morgan fingerprint density at radius 2 is 2.10 bits per heavy atom. The molecule has 21 heavy (non-hydrogen) atoms. The van der Waals surface area contributed by atoms with Crippen LogP contribution in [0.15, 0.2) is 30.5 Å². The van der Waals surface area contributed by atoms with Crippen molar-refractivity contribution in [2.45, 2.75) is 25.3 Å². The van der Waals surface area contributed by atoms with Gasteiger partial charge in [0.1, 0.15) is 0 Å². The lowest BCUT2D eigenvalue weighted by Crippen LogP contribution is -2.49. The standard InChI is InChI=1S/C16H19N3O2/c17-16(21)14-7-3-4-8-19(14)10-15(20)12-9-18-13-6-2-1-5-11(12)13/h1-2,5-6,9,14,18H,3-4,7-8,10H2,(H2,17,21). The molecule has 1 fully saturated rings. The van der Waals surface area contributed by atoms with Crippen LogP contribution in [-0.2, 0) is 4.79 Å². The van der Waals surface area contributed by atoms with E-state index in [-0.39, 0.29) is 24.3 Å². The van der Waals surface area contributed by atoms with E-state index < -0.39 is 0 Å². The number of primary amides is 1. The number of aromatic nitrogens is 1. The van der Waals surface area contributed by atoms with Crippen molar-refractivity contribution in [3.05, 3.63) is 36.0 Å². The molecule has 0 radical (unpaired) electrons. The van der Waals surface area contributed by atoms with Gasteiger partial charge in [0.2, 0.25) is 5.91 Å². The number of benzene rings is 1. The summed E-state index contributed by atoms with van der Waals surface area (Å²) in [5.41, 5.74) is 7.07. The van der Waals surface area contributed by atoms with Crippen LogP contribution in [0, 0.1) is 0 Å². The monoisotopic (exact) mass is 285 g/mol. The van der Waals surface area contributed by atoms with Crippen LogP contribution in [0.1, 0.15) is 29.6 Å². The van der Waals surface area contributed by atoms with Crippen molar-refractivity contribution in [2.24, 2.45) is 5.73 Å². The number of amides is 1. The molecule has 0 bridgehead atoms. The molecule has 1 atom stereocenters. The third kappa shape index (κ3) is 2.69. The third-order valence-corrected chi connectivity index (χ3v) is 4.18. The summed E-state index contributed by atoms with van der Waals surface area (Å²) in [7, 11) is 0. The summed E-state index contributed by atoms with van der Waals surface area (Å²) in [6.45, 7) is 0.997. The number of hydrogen-bond donors (Lipinski definition) is 2. The zero-order valence-corrected chi connectivity index (χ0v) is 11.8. The molecule has 3 rings (SSSR count). The Kier molecular flexibility index (Phi) is 3.75. The zero-order chi connectivity index (χ0) is 14.8. The number of nitrogens with one attached hydrogen (secondary N) is 1. The maximum atomic E-state index is 12.5. The number of nitrogens with zero attached hydrogens (tertiary/aromatic N) is 1. The predicted molar refractivity (Wildman–Crippen MR) is 81.0 cm³/mol. The number of rotatable bonds is 4. The Balaban J connectivity index is 1.80. The van der Waals surface area contributed by atoms with Gasteiger partial charge in [0.15, 0.2) is 5.78 Å². The Hall–Kier alpha value is -2.14. The van der Waals surface area contributed by atoms with Crippen LogP contribution in [0.3, 0.4) is 0 Å². The minimum Gasteiger partial charge on any atom is -0.368 e. The molecule has 1 unspecified atom stereocenters. The predicted octanol–water partition coefficient (Wildman–Crippen LogP) is 1.69. The van der Waals surface area contributed by atoms with E-state index in [2.05, 4.69) is 4.98 Å². The van der Waals surface area contributed by atoms with E-state index in [4.69, 9.17) is 5.73 Å². The second-order valence-electron chi connectivity index (χ2n) is 5.56. The number of carbonyl (C=O) groups excluding carboxylic acids is 2. The summed E-state index contributed by atoms with van der Waals surface area (Å²) >= 11 is 0. The van der Waals surface area contributed by atoms with Gasteiger partial charge >= 0.3 is 0 Å². The van der Waals surface area contributed by atoms with E-state index in [0.29, 0.717) is 5.56 Å². The Morgan fingerprint density at radius 3 is 2.90 bits per heavy atom. The number of nitrogens with two attached hydrogens (primary N) is 1. The van der Waals surface area contributed by atoms with Gasteiger partial charge in [-0.1, -0.05) is 24.6 Å². The number of piperidine rings is 1. The number of carbonyl (C=O) groups is 2. The van der Waals surface area contributed by atoms with Gasteiger partial charge in [-0.15, -0.1) is 0 Å². The van der Waals surface area contributed by atoms with Gasteiger partial charge in [-0.25, -0.2) is 0 Å². The van der Waals surface area contributed by atoms with Crippen LogP contribution in [0.5, 0.6) is 0 Å². The fourth-order valence-corrected chi connectivity index (χ4v) is 3.07. The Bertz CT molecular complexity index is 677. The second kappa shape index (κ2) is 5.69. The molecule has 1 saturated heterocycles. The molecule has 0 saturated carbocycles. The number of Topliss-reactive ketones (excluding diaryl/α,β-unsaturated/α-hetero) is 1. The van der Waals surface area contributed by atoms with E-state index in [1.54, 1.807) is 6.20 Å². The van der Waals surface area contributed by atoms with Crippen LogP contribution in [0.2, 0.25) is 0 Å². The van der Waals surface area contributed by atoms with E-state index in [1.807, 2.05) is 29.2 Å². The van der Waals surface area contributed by atoms with E-state index in [1.165, 1.54) is 0 Å². The molecule has 3 N–H and O–H groups in total. The van der Waals surface area contributed by atoms with Crippen LogP contribution in [-0.4, -0.2) is 40.7 Å². The van der Waals surface area contributed by atoms with Gasteiger partial charge in [0.25, 0.3) is 0 Å². The summed E-state index contributed by atoms with van der Waals surface area (Å²) < 4.78 is 0. The average Bonchev–Trinajstić information content (AvgIpc) is 2.91. The van der Waals surface area contributed by atoms with Gasteiger partial charge in [-0.05, 0) is 25.5 Å². The molecule has 110 valence electrons.